The number of hydrogen-bond acceptors (Lipinski definition) is 1. The zero-order valence-corrected chi connectivity index (χ0v) is 5.07. The Morgan fingerprint density at radius 1 is 1.29 bits per heavy atom. The van der Waals surface area contributed by atoms with Crippen molar-refractivity contribution in [3.05, 3.63) is 0 Å². The maximum absolute atomic E-state index is 3.32. The third kappa shape index (κ3) is 0.942. The third-order valence-electron chi connectivity index (χ3n) is 1.90. The molecule has 0 saturated carbocycles. The lowest BCUT2D eigenvalue weighted by atomic mass is 10.0. The summed E-state index contributed by atoms with van der Waals surface area (Å²) in [6.07, 6.45) is 0. The van der Waals surface area contributed by atoms with Crippen LogP contribution in [-0.2, 0) is 0 Å². The fourth-order valence-electron chi connectivity index (χ4n) is 0.941. The molecule has 0 aromatic rings. The molecule has 0 bridgehead atoms. The number of rotatable bonds is 0. The van der Waals surface area contributed by atoms with Crippen LogP contribution in [0.1, 0.15) is 15.3 Å². The molecule has 1 rings (SSSR count). The molecule has 0 aliphatic carbocycles. The molecule has 1 fully saturated rings. The first kappa shape index (κ1) is 5.10. The van der Waals surface area contributed by atoms with E-state index < -0.39 is 0 Å². The van der Waals surface area contributed by atoms with E-state index in [1.807, 2.05) is 0 Å². The molecule has 1 aliphatic heterocycles. The van der Waals surface area contributed by atoms with Crippen LogP contribution in [0.3, 0.4) is 0 Å². The van der Waals surface area contributed by atoms with Crippen LogP contribution in [0.15, 0.2) is 0 Å². The van der Waals surface area contributed by atoms with E-state index in [-0.39, 0.29) is 1.43 Å². The minimum absolute atomic E-state index is 0. The highest BCUT2D eigenvalue weighted by molar-refractivity contribution is 4.73. The van der Waals surface area contributed by atoms with Crippen LogP contribution in [0.2, 0.25) is 0 Å². The second-order valence-electron chi connectivity index (χ2n) is 2.61. The maximum atomic E-state index is 3.32. The van der Waals surface area contributed by atoms with Crippen molar-refractivity contribution in [2.45, 2.75) is 13.8 Å². The summed E-state index contributed by atoms with van der Waals surface area (Å²) in [7, 11) is 0. The fraction of sp³-hybridized carbons (Fsp3) is 1.00. The zero-order chi connectivity index (χ0) is 5.28. The molecule has 1 heteroatoms. The molecule has 0 radical (unpaired) electrons. The fourth-order valence-corrected chi connectivity index (χ4v) is 0.941. The van der Waals surface area contributed by atoms with Gasteiger partial charge in [0.2, 0.25) is 0 Å². The van der Waals surface area contributed by atoms with Gasteiger partial charge >= 0.3 is 0 Å². The molecule has 0 aromatic carbocycles. The maximum Gasteiger partial charge on any atom is 0 e. The first-order chi connectivity index (χ1) is 3.30. The molecule has 44 valence electrons. The topological polar surface area (TPSA) is 12.0 Å². The Kier molecular flexibility index (Phi) is 1.33. The monoisotopic (exact) mass is 101 g/mol. The third-order valence-corrected chi connectivity index (χ3v) is 1.90. The minimum Gasteiger partial charge on any atom is -0.316 e. The Hall–Kier alpha value is -0.0400. The van der Waals surface area contributed by atoms with Gasteiger partial charge < -0.3 is 5.32 Å². The largest absolute Gasteiger partial charge is 0.316 e. The van der Waals surface area contributed by atoms with E-state index in [4.69, 9.17) is 0 Å². The second kappa shape index (κ2) is 1.83. The molecular formula is C6H15N. The summed E-state index contributed by atoms with van der Waals surface area (Å²) in [6.45, 7) is 7.04. The van der Waals surface area contributed by atoms with Crippen LogP contribution >= 0.6 is 0 Å². The summed E-state index contributed by atoms with van der Waals surface area (Å²) in [5.74, 6) is 1.81. The van der Waals surface area contributed by atoms with Gasteiger partial charge in [0.05, 0.1) is 0 Å². The van der Waals surface area contributed by atoms with Crippen LogP contribution < -0.4 is 5.32 Å². The lowest BCUT2D eigenvalue weighted by Gasteiger charge is -2.03. The van der Waals surface area contributed by atoms with Crippen LogP contribution in [0.25, 0.3) is 0 Å². The van der Waals surface area contributed by atoms with Gasteiger partial charge in [-0.2, -0.15) is 0 Å². The summed E-state index contributed by atoms with van der Waals surface area (Å²) < 4.78 is 0. The van der Waals surface area contributed by atoms with Crippen molar-refractivity contribution < 1.29 is 1.43 Å². The Morgan fingerprint density at radius 2 is 1.71 bits per heavy atom. The van der Waals surface area contributed by atoms with Gasteiger partial charge in [-0.3, -0.25) is 0 Å². The van der Waals surface area contributed by atoms with Gasteiger partial charge in [0.15, 0.2) is 0 Å². The number of hydrogen-bond donors (Lipinski definition) is 1. The van der Waals surface area contributed by atoms with Crippen LogP contribution in [0.5, 0.6) is 0 Å². The summed E-state index contributed by atoms with van der Waals surface area (Å²) in [4.78, 5) is 0. The van der Waals surface area contributed by atoms with Crippen molar-refractivity contribution in [1.82, 2.24) is 5.32 Å². The van der Waals surface area contributed by atoms with Gasteiger partial charge in [-0.25, -0.2) is 0 Å². The predicted octanol–water partition coefficient (Wildman–Crippen LogP) is 1.11. The highest BCUT2D eigenvalue weighted by atomic mass is 14.9. The molecular weight excluding hydrogens is 86.1 g/mol. The molecule has 1 aliphatic rings. The van der Waals surface area contributed by atoms with E-state index in [1.54, 1.807) is 0 Å². The van der Waals surface area contributed by atoms with E-state index >= 15 is 0 Å². The molecule has 7 heavy (non-hydrogen) atoms. The van der Waals surface area contributed by atoms with E-state index in [1.165, 1.54) is 13.1 Å². The van der Waals surface area contributed by atoms with Crippen LogP contribution in [0.4, 0.5) is 0 Å². The second-order valence-corrected chi connectivity index (χ2v) is 2.61. The molecule has 2 atom stereocenters. The molecule has 0 amide bonds. The molecule has 1 nitrogen and oxygen atoms in total. The standard InChI is InChI=1S/C6H13N.H2/c1-5-3-7-4-6(5)2;/h5-7H,3-4H2,1-2H3;1H. The lowest BCUT2D eigenvalue weighted by Crippen LogP contribution is -2.06. The highest BCUT2D eigenvalue weighted by Crippen LogP contribution is 2.13. The van der Waals surface area contributed by atoms with Gasteiger partial charge in [0, 0.05) is 1.43 Å². The SMILES string of the molecule is CC1CNCC1C.[HH]. The van der Waals surface area contributed by atoms with Gasteiger partial charge in [0.25, 0.3) is 0 Å². The summed E-state index contributed by atoms with van der Waals surface area (Å²) in [5.41, 5.74) is 0. The first-order valence-electron chi connectivity index (χ1n) is 3.01. The summed E-state index contributed by atoms with van der Waals surface area (Å²) in [5, 5.41) is 3.32. The molecule has 2 unspecified atom stereocenters. The Bertz CT molecular complexity index is 57.5. The van der Waals surface area contributed by atoms with Crippen LogP contribution in [-0.4, -0.2) is 13.1 Å². The summed E-state index contributed by atoms with van der Waals surface area (Å²) >= 11 is 0. The van der Waals surface area contributed by atoms with Crippen molar-refractivity contribution in [2.24, 2.45) is 11.8 Å². The normalized spacial score (nSPS) is 42.0. The van der Waals surface area contributed by atoms with E-state index in [9.17, 15) is 0 Å². The van der Waals surface area contributed by atoms with Crippen molar-refractivity contribution in [3.63, 3.8) is 0 Å². The van der Waals surface area contributed by atoms with Gasteiger partial charge in [-0.15, -0.1) is 0 Å². The molecule has 1 N–H and O–H groups in total. The Morgan fingerprint density at radius 3 is 1.86 bits per heavy atom. The van der Waals surface area contributed by atoms with Crippen LogP contribution in [0, 0.1) is 11.8 Å². The Labute approximate surface area is 46.6 Å². The lowest BCUT2D eigenvalue weighted by molar-refractivity contribution is 0.494. The average molecular weight is 101 g/mol. The highest BCUT2D eigenvalue weighted by Gasteiger charge is 2.16. The van der Waals surface area contributed by atoms with Gasteiger partial charge in [-0.05, 0) is 24.9 Å². The molecule has 1 heterocycles. The molecule has 0 spiro atoms. The average Bonchev–Trinajstić information content (AvgIpc) is 1.91. The quantitative estimate of drug-likeness (QED) is 0.482. The predicted molar refractivity (Wildman–Crippen MR) is 33.3 cm³/mol. The molecule has 0 aromatic heterocycles. The summed E-state index contributed by atoms with van der Waals surface area (Å²) in [6, 6.07) is 0. The van der Waals surface area contributed by atoms with Crippen molar-refractivity contribution >= 4 is 0 Å². The molecule has 1 saturated heterocycles. The van der Waals surface area contributed by atoms with E-state index in [2.05, 4.69) is 19.2 Å². The van der Waals surface area contributed by atoms with Gasteiger partial charge in [0.1, 0.15) is 0 Å². The van der Waals surface area contributed by atoms with E-state index in [0.29, 0.717) is 0 Å². The minimum atomic E-state index is 0. The van der Waals surface area contributed by atoms with Crippen molar-refractivity contribution in [1.29, 1.82) is 0 Å². The Balaban J connectivity index is 0.000000490. The number of nitrogens with one attached hydrogen (secondary N) is 1. The first-order valence-corrected chi connectivity index (χ1v) is 3.01. The van der Waals surface area contributed by atoms with Crippen molar-refractivity contribution in [3.8, 4) is 0 Å². The van der Waals surface area contributed by atoms with Crippen molar-refractivity contribution in [2.75, 3.05) is 13.1 Å². The van der Waals surface area contributed by atoms with E-state index in [0.717, 1.165) is 11.8 Å². The zero-order valence-electron chi connectivity index (χ0n) is 5.07. The smallest absolute Gasteiger partial charge is 0 e. The van der Waals surface area contributed by atoms with Gasteiger partial charge in [-0.1, -0.05) is 13.8 Å².